The quantitative estimate of drug-likeness (QED) is 0.601. The summed E-state index contributed by atoms with van der Waals surface area (Å²) in [6.45, 7) is 3.31. The lowest BCUT2D eigenvalue weighted by Gasteiger charge is -2.24. The summed E-state index contributed by atoms with van der Waals surface area (Å²) < 4.78 is 17.3. The predicted molar refractivity (Wildman–Crippen MR) is 116 cm³/mol. The van der Waals surface area contributed by atoms with E-state index in [9.17, 15) is 4.79 Å². The van der Waals surface area contributed by atoms with Crippen molar-refractivity contribution in [3.05, 3.63) is 23.8 Å². The summed E-state index contributed by atoms with van der Waals surface area (Å²) in [7, 11) is 1.69. The van der Waals surface area contributed by atoms with Gasteiger partial charge in [0.15, 0.2) is 0 Å². The van der Waals surface area contributed by atoms with Gasteiger partial charge in [0.1, 0.15) is 11.5 Å². The molecule has 3 aliphatic rings. The van der Waals surface area contributed by atoms with Crippen LogP contribution in [-0.2, 0) is 4.74 Å². The van der Waals surface area contributed by atoms with Crippen molar-refractivity contribution in [3.63, 3.8) is 0 Å². The summed E-state index contributed by atoms with van der Waals surface area (Å²) in [4.78, 5) is 13.0. The van der Waals surface area contributed by atoms with Crippen molar-refractivity contribution in [1.29, 1.82) is 0 Å². The summed E-state index contributed by atoms with van der Waals surface area (Å²) in [5, 5.41) is 6.73. The Hall–Kier alpha value is -1.79. The third-order valence-electron chi connectivity index (χ3n) is 6.76. The molecule has 1 saturated heterocycles. The number of carbonyl (C=O) groups is 1. The summed E-state index contributed by atoms with van der Waals surface area (Å²) in [6, 6.07) is 5.90. The Morgan fingerprint density at radius 2 is 1.97 bits per heavy atom. The standard InChI is InChI=1S/C24H36N2O4/c1-28-11-6-12-29-20-13-18(14-21(15-20)30-19-7-3-2-4-8-19)23(27)26-22-16-24(22)9-5-10-25-17-24/h13-15,19,22,25H,2-12,16-17H2,1H3,(H,26,27)/t22?,24-/m0/s1. The fraction of sp³-hybridized carbons (Fsp3) is 0.708. The van der Waals surface area contributed by atoms with Crippen LogP contribution in [0.5, 0.6) is 11.5 Å². The molecule has 1 heterocycles. The smallest absolute Gasteiger partial charge is 0.251 e. The van der Waals surface area contributed by atoms with Gasteiger partial charge in [-0.3, -0.25) is 4.79 Å². The van der Waals surface area contributed by atoms with Gasteiger partial charge in [-0.15, -0.1) is 0 Å². The monoisotopic (exact) mass is 416 g/mol. The van der Waals surface area contributed by atoms with Crippen molar-refractivity contribution in [2.75, 3.05) is 33.4 Å². The van der Waals surface area contributed by atoms with Crippen molar-refractivity contribution < 1.29 is 19.0 Å². The van der Waals surface area contributed by atoms with Crippen LogP contribution in [0.2, 0.25) is 0 Å². The van der Waals surface area contributed by atoms with Crippen molar-refractivity contribution in [2.24, 2.45) is 5.41 Å². The Morgan fingerprint density at radius 1 is 1.13 bits per heavy atom. The maximum Gasteiger partial charge on any atom is 0.251 e. The van der Waals surface area contributed by atoms with Gasteiger partial charge in [-0.05, 0) is 63.6 Å². The molecule has 2 atom stereocenters. The molecule has 1 aliphatic heterocycles. The van der Waals surface area contributed by atoms with E-state index in [0.29, 0.717) is 24.5 Å². The first-order chi connectivity index (χ1) is 14.7. The molecule has 1 unspecified atom stereocenters. The molecule has 0 radical (unpaired) electrons. The molecule has 0 bridgehead atoms. The van der Waals surface area contributed by atoms with Gasteiger partial charge in [0, 0.05) is 49.8 Å². The maximum atomic E-state index is 13.0. The van der Waals surface area contributed by atoms with Crippen LogP contribution < -0.4 is 20.1 Å². The Balaban J connectivity index is 1.42. The predicted octanol–water partition coefficient (Wildman–Crippen LogP) is 3.69. The van der Waals surface area contributed by atoms with Gasteiger partial charge in [-0.25, -0.2) is 0 Å². The first-order valence-electron chi connectivity index (χ1n) is 11.6. The number of ether oxygens (including phenoxy) is 3. The molecule has 2 N–H and O–H groups in total. The Morgan fingerprint density at radius 3 is 2.73 bits per heavy atom. The van der Waals surface area contributed by atoms with Gasteiger partial charge in [-0.1, -0.05) is 6.42 Å². The zero-order valence-corrected chi connectivity index (χ0v) is 18.2. The molecule has 1 spiro atoms. The van der Waals surface area contributed by atoms with Crippen LogP contribution in [0.1, 0.15) is 68.1 Å². The van der Waals surface area contributed by atoms with E-state index in [-0.39, 0.29) is 23.5 Å². The molecule has 1 aromatic rings. The molecule has 166 valence electrons. The summed E-state index contributed by atoms with van der Waals surface area (Å²) in [5.41, 5.74) is 0.889. The third kappa shape index (κ3) is 5.46. The number of methoxy groups -OCH3 is 1. The molecular formula is C24H36N2O4. The number of nitrogens with one attached hydrogen (secondary N) is 2. The molecule has 0 aromatic heterocycles. The van der Waals surface area contributed by atoms with Crippen LogP contribution in [0.25, 0.3) is 0 Å². The highest BCUT2D eigenvalue weighted by atomic mass is 16.5. The molecule has 2 aliphatic carbocycles. The molecule has 6 heteroatoms. The van der Waals surface area contributed by atoms with E-state index < -0.39 is 0 Å². The van der Waals surface area contributed by atoms with Gasteiger partial charge in [0.25, 0.3) is 5.91 Å². The molecule has 1 amide bonds. The first kappa shape index (κ1) is 21.4. The van der Waals surface area contributed by atoms with E-state index in [2.05, 4.69) is 10.6 Å². The third-order valence-corrected chi connectivity index (χ3v) is 6.76. The molecule has 4 rings (SSSR count). The summed E-state index contributed by atoms with van der Waals surface area (Å²) in [6.07, 6.45) is 10.4. The number of hydrogen-bond acceptors (Lipinski definition) is 5. The fourth-order valence-electron chi connectivity index (χ4n) is 4.88. The van der Waals surface area contributed by atoms with Crippen LogP contribution in [0.15, 0.2) is 18.2 Å². The number of amides is 1. The summed E-state index contributed by atoms with van der Waals surface area (Å²) >= 11 is 0. The van der Waals surface area contributed by atoms with Crippen LogP contribution in [0.4, 0.5) is 0 Å². The second-order valence-electron chi connectivity index (χ2n) is 9.14. The Kier molecular flexibility index (Phi) is 7.16. The highest BCUT2D eigenvalue weighted by molar-refractivity contribution is 5.95. The first-order valence-corrected chi connectivity index (χ1v) is 11.6. The van der Waals surface area contributed by atoms with Crippen LogP contribution in [-0.4, -0.2) is 51.5 Å². The lowest BCUT2D eigenvalue weighted by molar-refractivity contribution is 0.0941. The van der Waals surface area contributed by atoms with Crippen molar-refractivity contribution >= 4 is 5.91 Å². The minimum atomic E-state index is -0.0294. The average molecular weight is 417 g/mol. The minimum absolute atomic E-state index is 0.0294. The highest BCUT2D eigenvalue weighted by Crippen LogP contribution is 2.50. The summed E-state index contributed by atoms with van der Waals surface area (Å²) in [5.74, 6) is 1.40. The fourth-order valence-corrected chi connectivity index (χ4v) is 4.88. The number of rotatable bonds is 9. The second kappa shape index (κ2) is 10.0. The van der Waals surface area contributed by atoms with Crippen LogP contribution in [0, 0.1) is 5.41 Å². The second-order valence-corrected chi connectivity index (χ2v) is 9.14. The maximum absolute atomic E-state index is 13.0. The van der Waals surface area contributed by atoms with Gasteiger partial charge in [-0.2, -0.15) is 0 Å². The molecule has 6 nitrogen and oxygen atoms in total. The van der Waals surface area contributed by atoms with E-state index in [1.807, 2.05) is 18.2 Å². The SMILES string of the molecule is COCCCOc1cc(OC2CCCCC2)cc(C(=O)NC2C[C@]23CCCNC3)c1. The van der Waals surface area contributed by atoms with Crippen molar-refractivity contribution in [3.8, 4) is 11.5 Å². The number of benzene rings is 1. The molecule has 2 saturated carbocycles. The Bertz CT molecular complexity index is 711. The lowest BCUT2D eigenvalue weighted by Crippen LogP contribution is -2.38. The van der Waals surface area contributed by atoms with Gasteiger partial charge in [0.2, 0.25) is 0 Å². The van der Waals surface area contributed by atoms with Crippen molar-refractivity contribution in [1.82, 2.24) is 10.6 Å². The van der Waals surface area contributed by atoms with E-state index in [1.165, 1.54) is 32.1 Å². The van der Waals surface area contributed by atoms with E-state index >= 15 is 0 Å². The topological polar surface area (TPSA) is 68.8 Å². The van der Waals surface area contributed by atoms with Crippen LogP contribution >= 0.6 is 0 Å². The normalized spacial score (nSPS) is 26.4. The minimum Gasteiger partial charge on any atom is -0.493 e. The largest absolute Gasteiger partial charge is 0.493 e. The number of carbonyl (C=O) groups excluding carboxylic acids is 1. The number of hydrogen-bond donors (Lipinski definition) is 2. The Labute approximate surface area is 180 Å². The van der Waals surface area contributed by atoms with Gasteiger partial charge in [0.05, 0.1) is 12.7 Å². The van der Waals surface area contributed by atoms with E-state index in [1.54, 1.807) is 7.11 Å². The number of piperidine rings is 1. The lowest BCUT2D eigenvalue weighted by atomic mass is 9.95. The van der Waals surface area contributed by atoms with E-state index in [4.69, 9.17) is 14.2 Å². The zero-order valence-electron chi connectivity index (χ0n) is 18.2. The molecule has 30 heavy (non-hydrogen) atoms. The van der Waals surface area contributed by atoms with Gasteiger partial charge >= 0.3 is 0 Å². The zero-order chi connectivity index (χ0) is 20.8. The van der Waals surface area contributed by atoms with Crippen molar-refractivity contribution in [2.45, 2.75) is 69.9 Å². The average Bonchev–Trinajstić information content (AvgIpc) is 3.42. The highest BCUT2D eigenvalue weighted by Gasteiger charge is 2.54. The van der Waals surface area contributed by atoms with Crippen LogP contribution in [0.3, 0.4) is 0 Å². The molecule has 1 aromatic carbocycles. The molecular weight excluding hydrogens is 380 g/mol. The van der Waals surface area contributed by atoms with E-state index in [0.717, 1.165) is 44.5 Å². The van der Waals surface area contributed by atoms with Gasteiger partial charge < -0.3 is 24.8 Å². The molecule has 3 fully saturated rings.